The van der Waals surface area contributed by atoms with Crippen molar-refractivity contribution < 1.29 is 9.84 Å². The van der Waals surface area contributed by atoms with E-state index in [1.807, 2.05) is 18.2 Å². The lowest BCUT2D eigenvalue weighted by Crippen LogP contribution is -2.46. The summed E-state index contributed by atoms with van der Waals surface area (Å²) in [5, 5.41) is 11.1. The van der Waals surface area contributed by atoms with E-state index in [-0.39, 0.29) is 10.8 Å². The van der Waals surface area contributed by atoms with Crippen LogP contribution < -0.4 is 0 Å². The molecule has 0 amide bonds. The van der Waals surface area contributed by atoms with Gasteiger partial charge in [0.2, 0.25) is 0 Å². The Balaban J connectivity index is 1.52. The fourth-order valence-corrected chi connectivity index (χ4v) is 4.56. The molecule has 2 bridgehead atoms. The Kier molecular flexibility index (Phi) is 4.29. The van der Waals surface area contributed by atoms with E-state index < -0.39 is 5.60 Å². The molecule has 1 aromatic rings. The summed E-state index contributed by atoms with van der Waals surface area (Å²) < 4.78 is 5.66. The lowest BCUT2D eigenvalue weighted by Gasteiger charge is -2.42. The van der Waals surface area contributed by atoms with E-state index >= 15 is 0 Å². The zero-order valence-electron chi connectivity index (χ0n) is 14.6. The fraction of sp³-hybridized carbons (Fsp3) is 0.619. The third-order valence-corrected chi connectivity index (χ3v) is 6.67. The van der Waals surface area contributed by atoms with E-state index in [1.165, 1.54) is 12.0 Å². The molecule has 2 aliphatic carbocycles. The summed E-state index contributed by atoms with van der Waals surface area (Å²) in [5.41, 5.74) is 0.461. The van der Waals surface area contributed by atoms with Gasteiger partial charge in [-0.25, -0.2) is 0 Å². The van der Waals surface area contributed by atoms with E-state index in [0.29, 0.717) is 25.6 Å². The molecule has 0 aromatic heterocycles. The zero-order valence-corrected chi connectivity index (χ0v) is 14.6. The van der Waals surface area contributed by atoms with Gasteiger partial charge in [-0.1, -0.05) is 62.9 Å². The van der Waals surface area contributed by atoms with Crippen molar-refractivity contribution in [2.45, 2.75) is 58.7 Å². The summed E-state index contributed by atoms with van der Waals surface area (Å²) in [6.45, 7) is 8.06. The van der Waals surface area contributed by atoms with Gasteiger partial charge >= 0.3 is 0 Å². The molecule has 1 aromatic carbocycles. The predicted octanol–water partition coefficient (Wildman–Crippen LogP) is 4.17. The average Bonchev–Trinajstić information content (AvgIpc) is 2.84. The van der Waals surface area contributed by atoms with E-state index in [2.05, 4.69) is 44.7 Å². The van der Waals surface area contributed by atoms with Crippen molar-refractivity contribution in [3.63, 3.8) is 0 Å². The Morgan fingerprint density at radius 1 is 1.22 bits per heavy atom. The Bertz CT molecular complexity index is 610. The SMILES string of the molecule is CC1(C)[C@@H]2CC[C@@]1(C)[C@@](O)(C#CCCOCc1ccccc1)C2. The molecule has 0 aliphatic heterocycles. The second kappa shape index (κ2) is 5.96. The molecule has 2 saturated carbocycles. The lowest BCUT2D eigenvalue weighted by atomic mass is 9.64. The van der Waals surface area contributed by atoms with Crippen molar-refractivity contribution in [2.24, 2.45) is 16.7 Å². The Labute approximate surface area is 140 Å². The minimum atomic E-state index is -0.821. The molecule has 2 fully saturated rings. The first-order valence-electron chi connectivity index (χ1n) is 8.73. The summed E-state index contributed by atoms with van der Waals surface area (Å²) in [5.74, 6) is 6.98. The maximum Gasteiger partial charge on any atom is 0.131 e. The van der Waals surface area contributed by atoms with Gasteiger partial charge in [0, 0.05) is 11.8 Å². The molecule has 3 atom stereocenters. The minimum absolute atomic E-state index is 0.0808. The Hall–Kier alpha value is -1.30. The number of rotatable bonds is 4. The van der Waals surface area contributed by atoms with Gasteiger partial charge in [0.15, 0.2) is 0 Å². The molecule has 0 heterocycles. The van der Waals surface area contributed by atoms with Crippen LogP contribution >= 0.6 is 0 Å². The molecular formula is C21H28O2. The number of fused-ring (bicyclic) bond motifs is 2. The third kappa shape index (κ3) is 2.71. The van der Waals surface area contributed by atoms with Crippen LogP contribution in [0, 0.1) is 28.6 Å². The van der Waals surface area contributed by atoms with Crippen LogP contribution in [0.1, 0.15) is 52.0 Å². The maximum atomic E-state index is 11.1. The molecule has 0 radical (unpaired) electrons. The van der Waals surface area contributed by atoms with Crippen molar-refractivity contribution in [3.05, 3.63) is 35.9 Å². The fourth-order valence-electron chi connectivity index (χ4n) is 4.56. The van der Waals surface area contributed by atoms with E-state index in [0.717, 1.165) is 12.8 Å². The third-order valence-electron chi connectivity index (χ3n) is 6.67. The van der Waals surface area contributed by atoms with Crippen LogP contribution in [-0.4, -0.2) is 17.3 Å². The summed E-state index contributed by atoms with van der Waals surface area (Å²) in [7, 11) is 0. The van der Waals surface area contributed by atoms with E-state index in [9.17, 15) is 5.11 Å². The van der Waals surface area contributed by atoms with Crippen LogP contribution in [0.25, 0.3) is 0 Å². The van der Waals surface area contributed by atoms with Crippen LogP contribution in [0.15, 0.2) is 30.3 Å². The van der Waals surface area contributed by atoms with Crippen molar-refractivity contribution in [1.82, 2.24) is 0 Å². The monoisotopic (exact) mass is 312 g/mol. The van der Waals surface area contributed by atoms with Crippen molar-refractivity contribution in [3.8, 4) is 11.8 Å². The molecule has 2 heteroatoms. The molecule has 0 saturated heterocycles. The topological polar surface area (TPSA) is 29.5 Å². The Morgan fingerprint density at radius 2 is 1.96 bits per heavy atom. The lowest BCUT2D eigenvalue weighted by molar-refractivity contribution is -0.0433. The van der Waals surface area contributed by atoms with Gasteiger partial charge < -0.3 is 9.84 Å². The van der Waals surface area contributed by atoms with Gasteiger partial charge in [-0.3, -0.25) is 0 Å². The first-order valence-corrected chi connectivity index (χ1v) is 8.73. The average molecular weight is 312 g/mol. The smallest absolute Gasteiger partial charge is 0.131 e. The van der Waals surface area contributed by atoms with Crippen molar-refractivity contribution >= 4 is 0 Å². The zero-order chi connectivity index (χ0) is 16.6. The van der Waals surface area contributed by atoms with Crippen LogP contribution in [0.5, 0.6) is 0 Å². The molecule has 2 nitrogen and oxygen atoms in total. The van der Waals surface area contributed by atoms with Gasteiger partial charge in [-0.15, -0.1) is 0 Å². The summed E-state index contributed by atoms with van der Waals surface area (Å²) >= 11 is 0. The molecule has 23 heavy (non-hydrogen) atoms. The van der Waals surface area contributed by atoms with Crippen molar-refractivity contribution in [2.75, 3.05) is 6.61 Å². The highest BCUT2D eigenvalue weighted by atomic mass is 16.5. The number of hydrogen-bond acceptors (Lipinski definition) is 2. The number of hydrogen-bond donors (Lipinski definition) is 1. The van der Waals surface area contributed by atoms with Gasteiger partial charge in [0.1, 0.15) is 5.60 Å². The van der Waals surface area contributed by atoms with E-state index in [1.54, 1.807) is 0 Å². The standard InChI is InChI=1S/C21H28O2/c1-19(2)18-11-13-20(19,3)21(22,15-18)12-7-8-14-23-16-17-9-5-4-6-10-17/h4-6,9-10,18,22H,8,11,13-16H2,1-3H3/t18-,20-,21-/m1/s1. The van der Waals surface area contributed by atoms with Crippen LogP contribution in [0.4, 0.5) is 0 Å². The summed E-state index contributed by atoms with van der Waals surface area (Å²) in [6.07, 6.45) is 3.82. The van der Waals surface area contributed by atoms with Crippen molar-refractivity contribution in [1.29, 1.82) is 0 Å². The first-order chi connectivity index (χ1) is 10.9. The van der Waals surface area contributed by atoms with Gasteiger partial charge in [0.25, 0.3) is 0 Å². The molecule has 0 unspecified atom stereocenters. The molecule has 0 spiro atoms. The summed E-state index contributed by atoms with van der Waals surface area (Å²) in [6, 6.07) is 10.2. The normalized spacial score (nSPS) is 34.2. The van der Waals surface area contributed by atoms with Gasteiger partial charge in [-0.05, 0) is 36.2 Å². The minimum Gasteiger partial charge on any atom is -0.377 e. The number of aliphatic hydroxyl groups is 1. The first kappa shape index (κ1) is 16.6. The van der Waals surface area contributed by atoms with Gasteiger partial charge in [0.05, 0.1) is 13.2 Å². The van der Waals surface area contributed by atoms with Crippen LogP contribution in [-0.2, 0) is 11.3 Å². The van der Waals surface area contributed by atoms with Crippen LogP contribution in [0.2, 0.25) is 0 Å². The summed E-state index contributed by atoms with van der Waals surface area (Å²) in [4.78, 5) is 0. The second-order valence-corrected chi connectivity index (χ2v) is 7.94. The molecule has 3 rings (SSSR count). The highest BCUT2D eigenvalue weighted by Gasteiger charge is 2.68. The predicted molar refractivity (Wildman–Crippen MR) is 92.7 cm³/mol. The van der Waals surface area contributed by atoms with E-state index in [4.69, 9.17) is 4.74 Å². The molecule has 2 aliphatic rings. The quantitative estimate of drug-likeness (QED) is 0.668. The van der Waals surface area contributed by atoms with Gasteiger partial charge in [-0.2, -0.15) is 0 Å². The Morgan fingerprint density at radius 3 is 2.57 bits per heavy atom. The molecule has 124 valence electrons. The number of benzene rings is 1. The number of ether oxygens (including phenoxy) is 1. The largest absolute Gasteiger partial charge is 0.377 e. The highest BCUT2D eigenvalue weighted by Crippen LogP contribution is 2.69. The second-order valence-electron chi connectivity index (χ2n) is 7.94. The molecule has 1 N–H and O–H groups in total. The highest BCUT2D eigenvalue weighted by molar-refractivity contribution is 5.29. The molecular weight excluding hydrogens is 284 g/mol. The maximum absolute atomic E-state index is 11.1. The van der Waals surface area contributed by atoms with Crippen LogP contribution in [0.3, 0.4) is 0 Å².